The average molecular weight is 303 g/mol. The molecule has 1 aliphatic carbocycles. The first kappa shape index (κ1) is 14.6. The van der Waals surface area contributed by atoms with Crippen molar-refractivity contribution in [3.05, 3.63) is 53.3 Å². The van der Waals surface area contributed by atoms with E-state index in [2.05, 4.69) is 48.1 Å². The van der Waals surface area contributed by atoms with Gasteiger partial charge in [-0.3, -0.25) is 4.68 Å². The second kappa shape index (κ2) is 6.65. The van der Waals surface area contributed by atoms with Gasteiger partial charge in [0.25, 0.3) is 0 Å². The smallest absolute Gasteiger partial charge is 0.0631 e. The molecule has 0 spiro atoms. The lowest BCUT2D eigenvalue weighted by Crippen LogP contribution is -2.08. The fraction of sp³-hybridized carbons (Fsp3) is 0.500. The molecule has 1 aromatic heterocycles. The van der Waals surface area contributed by atoms with Gasteiger partial charge in [-0.05, 0) is 37.8 Å². The molecule has 3 rings (SSSR count). The Hall–Kier alpha value is -1.28. The second-order valence-electron chi connectivity index (χ2n) is 6.19. The van der Waals surface area contributed by atoms with Gasteiger partial charge in [-0.25, -0.2) is 0 Å². The third-order valence-corrected chi connectivity index (χ3v) is 4.93. The maximum atomic E-state index is 6.19. The van der Waals surface area contributed by atoms with Crippen molar-refractivity contribution >= 4 is 11.6 Å². The number of aromatic nitrogens is 2. The van der Waals surface area contributed by atoms with Crippen LogP contribution in [-0.2, 0) is 6.42 Å². The van der Waals surface area contributed by atoms with Crippen LogP contribution in [0.2, 0.25) is 0 Å². The van der Waals surface area contributed by atoms with Crippen LogP contribution in [0.25, 0.3) is 0 Å². The van der Waals surface area contributed by atoms with Crippen molar-refractivity contribution in [2.45, 2.75) is 51.0 Å². The quantitative estimate of drug-likeness (QED) is 0.720. The molecule has 1 heterocycles. The Bertz CT molecular complexity index is 567. The van der Waals surface area contributed by atoms with E-state index in [9.17, 15) is 0 Å². The van der Waals surface area contributed by atoms with Gasteiger partial charge in [-0.2, -0.15) is 5.10 Å². The largest absolute Gasteiger partial charge is 0.269 e. The van der Waals surface area contributed by atoms with Crippen LogP contribution in [0.4, 0.5) is 0 Å². The first-order valence-corrected chi connectivity index (χ1v) is 8.46. The molecular weight excluding hydrogens is 280 g/mol. The Morgan fingerprint density at radius 3 is 2.57 bits per heavy atom. The number of rotatable bonds is 5. The normalized spacial score (nSPS) is 17.2. The molecule has 2 nitrogen and oxygen atoms in total. The molecule has 1 unspecified atom stereocenters. The summed E-state index contributed by atoms with van der Waals surface area (Å²) in [5, 5.41) is 4.78. The lowest BCUT2D eigenvalue weighted by molar-refractivity contribution is 0.461. The highest BCUT2D eigenvalue weighted by Gasteiger charge is 2.19. The number of alkyl halides is 1. The van der Waals surface area contributed by atoms with Crippen LogP contribution in [0.5, 0.6) is 0 Å². The molecule has 1 atom stereocenters. The van der Waals surface area contributed by atoms with Gasteiger partial charge in [0.1, 0.15) is 0 Å². The molecule has 112 valence electrons. The van der Waals surface area contributed by atoms with E-state index in [-0.39, 0.29) is 0 Å². The minimum atomic E-state index is 0.346. The van der Waals surface area contributed by atoms with Crippen molar-refractivity contribution in [3.8, 4) is 0 Å². The Balaban J connectivity index is 1.70. The standard InChI is InChI=1S/C18H23ClN2/c1-14-6-8-15(9-7-14)16(13-19)12-17-10-11-21(20-17)18-4-2-3-5-18/h6-11,16,18H,2-5,12-13H2,1H3. The first-order chi connectivity index (χ1) is 10.3. The minimum absolute atomic E-state index is 0.346. The summed E-state index contributed by atoms with van der Waals surface area (Å²) < 4.78 is 2.17. The van der Waals surface area contributed by atoms with Crippen LogP contribution in [0.1, 0.15) is 54.5 Å². The third-order valence-electron chi connectivity index (χ3n) is 4.55. The molecule has 1 aromatic carbocycles. The summed E-state index contributed by atoms with van der Waals surface area (Å²) in [6.07, 6.45) is 8.30. The Morgan fingerprint density at radius 1 is 1.19 bits per heavy atom. The second-order valence-corrected chi connectivity index (χ2v) is 6.50. The van der Waals surface area contributed by atoms with E-state index in [4.69, 9.17) is 16.7 Å². The monoisotopic (exact) mass is 302 g/mol. The van der Waals surface area contributed by atoms with Gasteiger partial charge in [0.05, 0.1) is 11.7 Å². The zero-order valence-electron chi connectivity index (χ0n) is 12.6. The van der Waals surface area contributed by atoms with Crippen molar-refractivity contribution in [3.63, 3.8) is 0 Å². The zero-order valence-corrected chi connectivity index (χ0v) is 13.4. The summed E-state index contributed by atoms with van der Waals surface area (Å²) in [6, 6.07) is 11.5. The molecule has 1 saturated carbocycles. The molecule has 0 amide bonds. The van der Waals surface area contributed by atoms with E-state index < -0.39 is 0 Å². The fourth-order valence-electron chi connectivity index (χ4n) is 3.21. The predicted octanol–water partition coefficient (Wildman–Crippen LogP) is 4.87. The van der Waals surface area contributed by atoms with Crippen LogP contribution in [0.15, 0.2) is 36.5 Å². The molecule has 21 heavy (non-hydrogen) atoms. The van der Waals surface area contributed by atoms with Gasteiger partial charge in [-0.1, -0.05) is 42.7 Å². The molecule has 2 aromatic rings. The molecule has 3 heteroatoms. The molecule has 0 N–H and O–H groups in total. The minimum Gasteiger partial charge on any atom is -0.269 e. The van der Waals surface area contributed by atoms with Crippen LogP contribution in [-0.4, -0.2) is 15.7 Å². The average Bonchev–Trinajstić information content (AvgIpc) is 3.17. The summed E-state index contributed by atoms with van der Waals surface area (Å²) in [6.45, 7) is 2.11. The number of benzene rings is 1. The van der Waals surface area contributed by atoms with E-state index in [1.165, 1.54) is 36.8 Å². The summed E-state index contributed by atoms with van der Waals surface area (Å²) in [4.78, 5) is 0. The van der Waals surface area contributed by atoms with Crippen molar-refractivity contribution in [2.24, 2.45) is 0 Å². The Morgan fingerprint density at radius 2 is 1.90 bits per heavy atom. The molecule has 0 radical (unpaired) electrons. The number of hydrogen-bond acceptors (Lipinski definition) is 1. The van der Waals surface area contributed by atoms with Crippen LogP contribution in [0.3, 0.4) is 0 Å². The highest BCUT2D eigenvalue weighted by molar-refractivity contribution is 6.18. The van der Waals surface area contributed by atoms with Gasteiger partial charge < -0.3 is 0 Å². The molecule has 1 fully saturated rings. The van der Waals surface area contributed by atoms with Gasteiger partial charge in [0.2, 0.25) is 0 Å². The molecule has 1 aliphatic rings. The van der Waals surface area contributed by atoms with Crippen molar-refractivity contribution in [1.29, 1.82) is 0 Å². The van der Waals surface area contributed by atoms with E-state index in [1.54, 1.807) is 0 Å². The predicted molar refractivity (Wildman–Crippen MR) is 88.1 cm³/mol. The van der Waals surface area contributed by atoms with Crippen molar-refractivity contribution in [2.75, 3.05) is 5.88 Å². The Labute approximate surface area is 132 Å². The van der Waals surface area contributed by atoms with Crippen molar-refractivity contribution < 1.29 is 0 Å². The van der Waals surface area contributed by atoms with Crippen molar-refractivity contribution in [1.82, 2.24) is 9.78 Å². The van der Waals surface area contributed by atoms with Crippen LogP contribution in [0, 0.1) is 6.92 Å². The number of nitrogens with zero attached hydrogens (tertiary/aromatic N) is 2. The van der Waals surface area contributed by atoms with Gasteiger partial charge in [0.15, 0.2) is 0 Å². The summed E-state index contributed by atoms with van der Waals surface area (Å²) in [5.41, 5.74) is 3.76. The highest BCUT2D eigenvalue weighted by Crippen LogP contribution is 2.29. The third kappa shape index (κ3) is 3.49. The summed E-state index contributed by atoms with van der Waals surface area (Å²) >= 11 is 6.19. The van der Waals surface area contributed by atoms with E-state index in [0.29, 0.717) is 17.8 Å². The molecular formula is C18H23ClN2. The number of hydrogen-bond donors (Lipinski definition) is 0. The SMILES string of the molecule is Cc1ccc(C(CCl)Cc2ccn(C3CCCC3)n2)cc1. The Kier molecular flexibility index (Phi) is 4.64. The van der Waals surface area contributed by atoms with E-state index in [0.717, 1.165) is 12.1 Å². The van der Waals surface area contributed by atoms with Crippen LogP contribution >= 0.6 is 11.6 Å². The zero-order chi connectivity index (χ0) is 14.7. The fourth-order valence-corrected chi connectivity index (χ4v) is 3.50. The molecule has 0 bridgehead atoms. The van der Waals surface area contributed by atoms with Gasteiger partial charge in [0, 0.05) is 18.0 Å². The number of halogens is 1. The maximum absolute atomic E-state index is 6.19. The molecule has 0 aliphatic heterocycles. The molecule has 0 saturated heterocycles. The summed E-state index contributed by atoms with van der Waals surface area (Å²) in [5.74, 6) is 0.985. The van der Waals surface area contributed by atoms with E-state index in [1.807, 2.05) is 0 Å². The lowest BCUT2D eigenvalue weighted by atomic mass is 9.95. The maximum Gasteiger partial charge on any atom is 0.0631 e. The lowest BCUT2D eigenvalue weighted by Gasteiger charge is -2.14. The highest BCUT2D eigenvalue weighted by atomic mass is 35.5. The van der Waals surface area contributed by atoms with Gasteiger partial charge >= 0.3 is 0 Å². The summed E-state index contributed by atoms with van der Waals surface area (Å²) in [7, 11) is 0. The van der Waals surface area contributed by atoms with Gasteiger partial charge in [-0.15, -0.1) is 11.6 Å². The topological polar surface area (TPSA) is 17.8 Å². The van der Waals surface area contributed by atoms with E-state index >= 15 is 0 Å². The number of aryl methyl sites for hydroxylation is 1. The first-order valence-electron chi connectivity index (χ1n) is 7.93. The van der Waals surface area contributed by atoms with Crippen LogP contribution < -0.4 is 0 Å².